The van der Waals surface area contributed by atoms with Crippen LogP contribution in [0.3, 0.4) is 0 Å². The minimum absolute atomic E-state index is 0.0637. The number of carbonyl (C=O) groups excluding carboxylic acids is 1. The lowest BCUT2D eigenvalue weighted by Crippen LogP contribution is -2.35. The van der Waals surface area contributed by atoms with Crippen molar-refractivity contribution in [3.05, 3.63) is 0 Å². The third-order valence-electron chi connectivity index (χ3n) is 2.69. The molecule has 3 atom stereocenters. The van der Waals surface area contributed by atoms with Gasteiger partial charge < -0.3 is 9.84 Å². The predicted octanol–water partition coefficient (Wildman–Crippen LogP) is 1.49. The van der Waals surface area contributed by atoms with Gasteiger partial charge in [-0.3, -0.25) is 4.79 Å². The van der Waals surface area contributed by atoms with Crippen LogP contribution in [0.2, 0.25) is 0 Å². The van der Waals surface area contributed by atoms with Gasteiger partial charge in [0.25, 0.3) is 0 Å². The summed E-state index contributed by atoms with van der Waals surface area (Å²) in [7, 11) is 0. The number of aliphatic hydroxyl groups excluding tert-OH is 1. The van der Waals surface area contributed by atoms with E-state index < -0.39 is 0 Å². The molecule has 1 saturated carbocycles. The molecule has 3 unspecified atom stereocenters. The molecule has 1 fully saturated rings. The Hall–Kier alpha value is -0.570. The molecule has 0 aromatic heterocycles. The number of rotatable bonds is 2. The van der Waals surface area contributed by atoms with E-state index in [4.69, 9.17) is 4.74 Å². The minimum Gasteiger partial charge on any atom is -0.462 e. The summed E-state index contributed by atoms with van der Waals surface area (Å²) in [5, 5.41) is 9.47. The second kappa shape index (κ2) is 4.61. The average molecular weight is 186 g/mol. The fourth-order valence-electron chi connectivity index (χ4n) is 2.04. The van der Waals surface area contributed by atoms with Crippen molar-refractivity contribution in [2.24, 2.45) is 5.92 Å². The Kier molecular flexibility index (Phi) is 3.72. The molecule has 3 heteroatoms. The van der Waals surface area contributed by atoms with Crippen LogP contribution in [0.4, 0.5) is 0 Å². The zero-order valence-corrected chi connectivity index (χ0v) is 8.32. The molecule has 1 aliphatic rings. The monoisotopic (exact) mass is 186 g/mol. The van der Waals surface area contributed by atoms with Crippen molar-refractivity contribution in [3.63, 3.8) is 0 Å². The van der Waals surface area contributed by atoms with Gasteiger partial charge in [-0.25, -0.2) is 0 Å². The average Bonchev–Trinajstić information content (AvgIpc) is 2.03. The second-order valence-corrected chi connectivity index (χ2v) is 3.84. The van der Waals surface area contributed by atoms with Crippen molar-refractivity contribution in [3.8, 4) is 0 Å². The molecule has 0 amide bonds. The molecule has 0 aliphatic heterocycles. The molecule has 76 valence electrons. The van der Waals surface area contributed by atoms with E-state index in [1.54, 1.807) is 6.92 Å². The normalized spacial score (nSPS) is 31.0. The first kappa shape index (κ1) is 10.5. The van der Waals surface area contributed by atoms with Crippen LogP contribution in [-0.2, 0) is 9.53 Å². The van der Waals surface area contributed by atoms with Gasteiger partial charge in [0.05, 0.1) is 6.10 Å². The van der Waals surface area contributed by atoms with E-state index >= 15 is 0 Å². The van der Waals surface area contributed by atoms with Crippen LogP contribution in [0.15, 0.2) is 0 Å². The quantitative estimate of drug-likeness (QED) is 0.664. The van der Waals surface area contributed by atoms with Gasteiger partial charge in [0.2, 0.25) is 0 Å². The van der Waals surface area contributed by atoms with Gasteiger partial charge in [-0.2, -0.15) is 0 Å². The van der Waals surface area contributed by atoms with E-state index in [0.717, 1.165) is 25.7 Å². The summed E-state index contributed by atoms with van der Waals surface area (Å²) in [6.45, 7) is 3.19. The Morgan fingerprint density at radius 3 is 2.62 bits per heavy atom. The smallest absolute Gasteiger partial charge is 0.302 e. The molecule has 0 spiro atoms. The summed E-state index contributed by atoms with van der Waals surface area (Å²) in [5.74, 6) is -0.102. The van der Waals surface area contributed by atoms with E-state index in [9.17, 15) is 9.90 Å². The zero-order chi connectivity index (χ0) is 9.84. The van der Waals surface area contributed by atoms with Crippen molar-refractivity contribution in [1.82, 2.24) is 0 Å². The number of carbonyl (C=O) groups is 1. The van der Waals surface area contributed by atoms with Gasteiger partial charge in [-0.05, 0) is 26.2 Å². The molecule has 1 N–H and O–H groups in total. The summed E-state index contributed by atoms with van der Waals surface area (Å²) >= 11 is 0. The number of hydrogen-bond acceptors (Lipinski definition) is 3. The zero-order valence-electron chi connectivity index (χ0n) is 8.32. The second-order valence-electron chi connectivity index (χ2n) is 3.84. The van der Waals surface area contributed by atoms with Gasteiger partial charge in [0.1, 0.15) is 6.10 Å². The van der Waals surface area contributed by atoms with Crippen molar-refractivity contribution >= 4 is 5.97 Å². The van der Waals surface area contributed by atoms with Crippen LogP contribution >= 0.6 is 0 Å². The molecule has 1 aliphatic carbocycles. The Morgan fingerprint density at radius 2 is 2.08 bits per heavy atom. The van der Waals surface area contributed by atoms with Crippen molar-refractivity contribution in [2.75, 3.05) is 0 Å². The van der Waals surface area contributed by atoms with E-state index in [0.29, 0.717) is 0 Å². The van der Waals surface area contributed by atoms with E-state index in [-0.39, 0.29) is 24.1 Å². The van der Waals surface area contributed by atoms with Crippen LogP contribution in [-0.4, -0.2) is 23.3 Å². The Bertz CT molecular complexity index is 177. The lowest BCUT2D eigenvalue weighted by atomic mass is 9.83. The molecule has 0 aromatic carbocycles. The van der Waals surface area contributed by atoms with Crippen LogP contribution in [0.5, 0.6) is 0 Å². The standard InChI is InChI=1S/C10H18O3/c1-7(11)9-5-3-4-6-10(9)13-8(2)12/h7,9-11H,3-6H2,1-2H3. The molecule has 3 nitrogen and oxygen atoms in total. The number of aliphatic hydroxyl groups is 1. The SMILES string of the molecule is CC(=O)OC1CCCCC1C(C)O. The fourth-order valence-corrected chi connectivity index (χ4v) is 2.04. The van der Waals surface area contributed by atoms with Gasteiger partial charge in [-0.1, -0.05) is 6.42 Å². The van der Waals surface area contributed by atoms with Crippen molar-refractivity contribution in [2.45, 2.75) is 51.7 Å². The van der Waals surface area contributed by atoms with Crippen LogP contribution in [0, 0.1) is 5.92 Å². The van der Waals surface area contributed by atoms with E-state index in [1.807, 2.05) is 0 Å². The maximum atomic E-state index is 10.8. The fraction of sp³-hybridized carbons (Fsp3) is 0.900. The molecule has 0 aromatic rings. The van der Waals surface area contributed by atoms with Crippen molar-refractivity contribution in [1.29, 1.82) is 0 Å². The Balaban J connectivity index is 2.51. The highest BCUT2D eigenvalue weighted by molar-refractivity contribution is 5.66. The topological polar surface area (TPSA) is 46.5 Å². The van der Waals surface area contributed by atoms with Crippen molar-refractivity contribution < 1.29 is 14.6 Å². The molecular weight excluding hydrogens is 168 g/mol. The molecule has 0 radical (unpaired) electrons. The lowest BCUT2D eigenvalue weighted by molar-refractivity contribution is -0.153. The van der Waals surface area contributed by atoms with Gasteiger partial charge in [-0.15, -0.1) is 0 Å². The first-order valence-corrected chi connectivity index (χ1v) is 4.96. The highest BCUT2D eigenvalue weighted by Gasteiger charge is 2.30. The largest absolute Gasteiger partial charge is 0.462 e. The number of hydrogen-bond donors (Lipinski definition) is 1. The maximum absolute atomic E-state index is 10.8. The third kappa shape index (κ3) is 2.99. The summed E-state index contributed by atoms with van der Waals surface area (Å²) in [6.07, 6.45) is 3.66. The number of ether oxygens (including phenoxy) is 1. The first-order valence-electron chi connectivity index (χ1n) is 4.96. The highest BCUT2D eigenvalue weighted by atomic mass is 16.5. The molecule has 0 bridgehead atoms. The predicted molar refractivity (Wildman–Crippen MR) is 49.2 cm³/mol. The Morgan fingerprint density at radius 1 is 1.46 bits per heavy atom. The first-order chi connectivity index (χ1) is 6.11. The summed E-state index contributed by atoms with van der Waals surface area (Å²) in [4.78, 5) is 10.8. The van der Waals surface area contributed by atoms with Crippen LogP contribution < -0.4 is 0 Å². The lowest BCUT2D eigenvalue weighted by Gasteiger charge is -2.32. The van der Waals surface area contributed by atoms with Crippen LogP contribution in [0.1, 0.15) is 39.5 Å². The van der Waals surface area contributed by atoms with Gasteiger partial charge in [0, 0.05) is 12.8 Å². The van der Waals surface area contributed by atoms with Gasteiger partial charge in [0.15, 0.2) is 0 Å². The minimum atomic E-state index is -0.371. The molecule has 13 heavy (non-hydrogen) atoms. The summed E-state index contributed by atoms with van der Waals surface area (Å²) in [5.41, 5.74) is 0. The maximum Gasteiger partial charge on any atom is 0.302 e. The van der Waals surface area contributed by atoms with E-state index in [2.05, 4.69) is 0 Å². The third-order valence-corrected chi connectivity index (χ3v) is 2.69. The molecule has 0 heterocycles. The van der Waals surface area contributed by atoms with E-state index in [1.165, 1.54) is 6.92 Å². The number of esters is 1. The molecular formula is C10H18O3. The highest BCUT2D eigenvalue weighted by Crippen LogP contribution is 2.29. The molecule has 0 saturated heterocycles. The van der Waals surface area contributed by atoms with Gasteiger partial charge >= 0.3 is 5.97 Å². The summed E-state index contributed by atoms with van der Waals surface area (Å²) in [6, 6.07) is 0. The molecule has 1 rings (SSSR count). The van der Waals surface area contributed by atoms with Crippen LogP contribution in [0.25, 0.3) is 0 Å². The summed E-state index contributed by atoms with van der Waals surface area (Å²) < 4.78 is 5.17. The Labute approximate surface area is 79.1 Å².